The summed E-state index contributed by atoms with van der Waals surface area (Å²) in [6.45, 7) is 4.51. The maximum absolute atomic E-state index is 12.2. The Morgan fingerprint density at radius 2 is 1.92 bits per heavy atom. The van der Waals surface area contributed by atoms with Crippen molar-refractivity contribution in [2.24, 2.45) is 5.73 Å². The van der Waals surface area contributed by atoms with Crippen LogP contribution in [0.25, 0.3) is 0 Å². The van der Waals surface area contributed by atoms with E-state index in [0.717, 1.165) is 23.3 Å². The Hall–Kier alpha value is -2.33. The quantitative estimate of drug-likeness (QED) is 0.784. The minimum absolute atomic E-state index is 0.0697. The summed E-state index contributed by atoms with van der Waals surface area (Å²) in [4.78, 5) is 12.2. The lowest BCUT2D eigenvalue weighted by molar-refractivity contribution is -0.122. The van der Waals surface area contributed by atoms with Crippen molar-refractivity contribution in [1.82, 2.24) is 5.32 Å². The number of hydrogen-bond acceptors (Lipinski definition) is 3. The van der Waals surface area contributed by atoms with E-state index in [1.807, 2.05) is 68.4 Å². The number of rotatable bonds is 8. The highest BCUT2D eigenvalue weighted by Crippen LogP contribution is 2.15. The first-order valence-corrected chi connectivity index (χ1v) is 8.39. The number of carbonyl (C=O) groups is 1. The first kappa shape index (κ1) is 18.0. The van der Waals surface area contributed by atoms with Gasteiger partial charge >= 0.3 is 0 Å². The lowest BCUT2D eigenvalue weighted by Crippen LogP contribution is -2.45. The predicted octanol–water partition coefficient (Wildman–Crippen LogP) is 2.84. The highest BCUT2D eigenvalue weighted by Gasteiger charge is 2.16. The van der Waals surface area contributed by atoms with Gasteiger partial charge in [-0.15, -0.1) is 0 Å². The molecule has 0 heterocycles. The molecule has 3 N–H and O–H groups in total. The van der Waals surface area contributed by atoms with Crippen LogP contribution in [0, 0.1) is 6.92 Å². The van der Waals surface area contributed by atoms with E-state index >= 15 is 0 Å². The molecule has 0 spiro atoms. The average Bonchev–Trinajstić information content (AvgIpc) is 2.59. The van der Waals surface area contributed by atoms with Gasteiger partial charge in [-0.05, 0) is 43.0 Å². The van der Waals surface area contributed by atoms with E-state index in [-0.39, 0.29) is 12.0 Å². The first-order valence-electron chi connectivity index (χ1n) is 8.39. The van der Waals surface area contributed by atoms with Gasteiger partial charge in [0.05, 0.1) is 12.6 Å². The van der Waals surface area contributed by atoms with Gasteiger partial charge in [-0.1, -0.05) is 49.4 Å². The second-order valence-corrected chi connectivity index (χ2v) is 6.01. The topological polar surface area (TPSA) is 64.4 Å². The summed E-state index contributed by atoms with van der Waals surface area (Å²) in [7, 11) is 0. The molecule has 24 heavy (non-hydrogen) atoms. The summed E-state index contributed by atoms with van der Waals surface area (Å²) in [5.41, 5.74) is 8.20. The third-order valence-electron chi connectivity index (χ3n) is 3.89. The zero-order chi connectivity index (χ0) is 17.4. The third-order valence-corrected chi connectivity index (χ3v) is 3.89. The van der Waals surface area contributed by atoms with Gasteiger partial charge in [0, 0.05) is 0 Å². The molecule has 0 fully saturated rings. The molecular formula is C20H26N2O2. The van der Waals surface area contributed by atoms with Gasteiger partial charge in [0.1, 0.15) is 11.9 Å². The smallest absolute Gasteiger partial charge is 0.237 e. The molecule has 2 rings (SSSR count). The normalized spacial score (nSPS) is 13.1. The van der Waals surface area contributed by atoms with Crippen molar-refractivity contribution in [1.29, 1.82) is 0 Å². The van der Waals surface area contributed by atoms with Crippen LogP contribution < -0.4 is 15.8 Å². The Morgan fingerprint density at radius 3 is 2.58 bits per heavy atom. The Morgan fingerprint density at radius 1 is 1.17 bits per heavy atom. The fraction of sp³-hybridized carbons (Fsp3) is 0.350. The van der Waals surface area contributed by atoms with Gasteiger partial charge in [0.2, 0.25) is 5.91 Å². The number of ether oxygens (including phenoxy) is 1. The summed E-state index contributed by atoms with van der Waals surface area (Å²) >= 11 is 0. The SMILES string of the molecule is CCC(CNC(=O)[C@@H](N)Cc1ccccc1)Oc1cccc(C)c1. The van der Waals surface area contributed by atoms with Crippen molar-refractivity contribution < 1.29 is 9.53 Å². The van der Waals surface area contributed by atoms with Crippen LogP contribution in [-0.4, -0.2) is 24.6 Å². The Bertz CT molecular complexity index is 643. The molecule has 4 heteroatoms. The molecule has 2 aromatic carbocycles. The molecule has 2 atom stereocenters. The van der Waals surface area contributed by atoms with Crippen LogP contribution in [0.1, 0.15) is 24.5 Å². The summed E-state index contributed by atoms with van der Waals surface area (Å²) in [6, 6.07) is 17.2. The second kappa shape index (κ2) is 9.08. The standard InChI is InChI=1S/C20H26N2O2/c1-3-17(24-18-11-7-8-15(2)12-18)14-22-20(23)19(21)13-16-9-5-4-6-10-16/h4-12,17,19H,3,13-14,21H2,1-2H3,(H,22,23)/t17?,19-/m0/s1. The minimum atomic E-state index is -0.552. The van der Waals surface area contributed by atoms with E-state index < -0.39 is 6.04 Å². The molecule has 0 bridgehead atoms. The van der Waals surface area contributed by atoms with E-state index in [1.54, 1.807) is 0 Å². The molecule has 1 amide bonds. The molecule has 2 aromatic rings. The Kier molecular flexibility index (Phi) is 6.82. The number of amides is 1. The zero-order valence-corrected chi connectivity index (χ0v) is 14.4. The van der Waals surface area contributed by atoms with E-state index in [9.17, 15) is 4.79 Å². The highest BCUT2D eigenvalue weighted by atomic mass is 16.5. The van der Waals surface area contributed by atoms with Crippen LogP contribution in [0.3, 0.4) is 0 Å². The zero-order valence-electron chi connectivity index (χ0n) is 14.4. The van der Waals surface area contributed by atoms with Gasteiger partial charge < -0.3 is 15.8 Å². The van der Waals surface area contributed by atoms with Crippen LogP contribution in [0.4, 0.5) is 0 Å². The van der Waals surface area contributed by atoms with E-state index in [2.05, 4.69) is 5.32 Å². The van der Waals surface area contributed by atoms with Crippen molar-refractivity contribution in [2.45, 2.75) is 38.8 Å². The lowest BCUT2D eigenvalue weighted by atomic mass is 10.1. The summed E-state index contributed by atoms with van der Waals surface area (Å²) < 4.78 is 5.94. The van der Waals surface area contributed by atoms with Crippen molar-refractivity contribution in [2.75, 3.05) is 6.54 Å². The third kappa shape index (κ3) is 5.70. The maximum Gasteiger partial charge on any atom is 0.237 e. The molecule has 0 aromatic heterocycles. The molecule has 1 unspecified atom stereocenters. The lowest BCUT2D eigenvalue weighted by Gasteiger charge is -2.20. The van der Waals surface area contributed by atoms with E-state index in [1.165, 1.54) is 0 Å². The number of carbonyl (C=O) groups excluding carboxylic acids is 1. The first-order chi connectivity index (χ1) is 11.6. The summed E-state index contributed by atoms with van der Waals surface area (Å²) in [6.07, 6.45) is 1.27. The van der Waals surface area contributed by atoms with Gasteiger partial charge in [-0.2, -0.15) is 0 Å². The molecule has 0 radical (unpaired) electrons. The van der Waals surface area contributed by atoms with Gasteiger partial charge in [-0.25, -0.2) is 0 Å². The second-order valence-electron chi connectivity index (χ2n) is 6.01. The van der Waals surface area contributed by atoms with Crippen LogP contribution >= 0.6 is 0 Å². The number of nitrogens with one attached hydrogen (secondary N) is 1. The van der Waals surface area contributed by atoms with Crippen molar-refractivity contribution in [3.63, 3.8) is 0 Å². The number of nitrogens with two attached hydrogens (primary N) is 1. The van der Waals surface area contributed by atoms with Crippen molar-refractivity contribution >= 4 is 5.91 Å². The number of benzene rings is 2. The van der Waals surface area contributed by atoms with Gasteiger partial charge in [-0.3, -0.25) is 4.79 Å². The van der Waals surface area contributed by atoms with E-state index in [4.69, 9.17) is 10.5 Å². The largest absolute Gasteiger partial charge is 0.489 e. The van der Waals surface area contributed by atoms with Crippen molar-refractivity contribution in [3.8, 4) is 5.75 Å². The maximum atomic E-state index is 12.2. The molecular weight excluding hydrogens is 300 g/mol. The monoisotopic (exact) mass is 326 g/mol. The molecule has 128 valence electrons. The van der Waals surface area contributed by atoms with Crippen molar-refractivity contribution in [3.05, 3.63) is 65.7 Å². The molecule has 4 nitrogen and oxygen atoms in total. The molecule has 0 aliphatic heterocycles. The summed E-state index contributed by atoms with van der Waals surface area (Å²) in [5.74, 6) is 0.676. The molecule has 0 saturated heterocycles. The van der Waals surface area contributed by atoms with Crippen LogP contribution in [0.15, 0.2) is 54.6 Å². The molecule has 0 aliphatic rings. The van der Waals surface area contributed by atoms with E-state index in [0.29, 0.717) is 13.0 Å². The molecule has 0 aliphatic carbocycles. The average molecular weight is 326 g/mol. The van der Waals surface area contributed by atoms with Crippen LogP contribution in [0.5, 0.6) is 5.75 Å². The number of aryl methyl sites for hydroxylation is 1. The predicted molar refractivity (Wildman–Crippen MR) is 97.0 cm³/mol. The minimum Gasteiger partial charge on any atom is -0.489 e. The fourth-order valence-electron chi connectivity index (χ4n) is 2.46. The van der Waals surface area contributed by atoms with Crippen LogP contribution in [0.2, 0.25) is 0 Å². The Balaban J connectivity index is 1.82. The number of hydrogen-bond donors (Lipinski definition) is 2. The van der Waals surface area contributed by atoms with Crippen LogP contribution in [-0.2, 0) is 11.2 Å². The van der Waals surface area contributed by atoms with Gasteiger partial charge in [0.25, 0.3) is 0 Å². The fourth-order valence-corrected chi connectivity index (χ4v) is 2.46. The Labute approximate surface area is 144 Å². The highest BCUT2D eigenvalue weighted by molar-refractivity contribution is 5.81. The molecule has 0 saturated carbocycles. The van der Waals surface area contributed by atoms with Gasteiger partial charge in [0.15, 0.2) is 0 Å². The summed E-state index contributed by atoms with van der Waals surface area (Å²) in [5, 5.41) is 2.90.